The molecule has 0 spiro atoms. The van der Waals surface area contributed by atoms with Gasteiger partial charge in [-0.2, -0.15) is 5.26 Å². The summed E-state index contributed by atoms with van der Waals surface area (Å²) >= 11 is 5.88. The highest BCUT2D eigenvalue weighted by Gasteiger charge is 2.31. The first-order chi connectivity index (χ1) is 8.81. The molecule has 0 saturated carbocycles. The standard InChI is InChI=1S/C12H12ClNO4S/c1-2-11(12(15)16)19(17,18)7-9-4-3-8(6-14)5-10(9)13/h3-5,11H,2,7H2,1H3,(H,15,16). The summed E-state index contributed by atoms with van der Waals surface area (Å²) < 4.78 is 23.9. The molecule has 1 atom stereocenters. The fraction of sp³-hybridized carbons (Fsp3) is 0.333. The molecule has 5 nitrogen and oxygen atoms in total. The van der Waals surface area contributed by atoms with Gasteiger partial charge < -0.3 is 5.11 Å². The number of hydrogen-bond donors (Lipinski definition) is 1. The van der Waals surface area contributed by atoms with E-state index in [2.05, 4.69) is 0 Å². The van der Waals surface area contributed by atoms with Crippen LogP contribution in [0.5, 0.6) is 0 Å². The van der Waals surface area contributed by atoms with Crippen molar-refractivity contribution in [2.45, 2.75) is 24.3 Å². The molecular formula is C12H12ClNO4S. The van der Waals surface area contributed by atoms with E-state index < -0.39 is 26.8 Å². The molecule has 0 bridgehead atoms. The Morgan fingerprint density at radius 2 is 2.16 bits per heavy atom. The van der Waals surface area contributed by atoms with Gasteiger partial charge in [-0.15, -0.1) is 0 Å². The number of carbonyl (C=O) groups is 1. The normalized spacial score (nSPS) is 12.7. The third-order valence-electron chi connectivity index (χ3n) is 2.62. The number of aliphatic carboxylic acids is 1. The van der Waals surface area contributed by atoms with E-state index in [1.165, 1.54) is 25.1 Å². The average Bonchev–Trinajstić information content (AvgIpc) is 2.31. The van der Waals surface area contributed by atoms with Crippen LogP contribution in [0.15, 0.2) is 18.2 Å². The molecule has 0 aromatic heterocycles. The Morgan fingerprint density at radius 3 is 2.58 bits per heavy atom. The summed E-state index contributed by atoms with van der Waals surface area (Å²) in [5, 5.41) is 16.3. The minimum Gasteiger partial charge on any atom is -0.480 e. The van der Waals surface area contributed by atoms with Crippen LogP contribution in [0.3, 0.4) is 0 Å². The first-order valence-corrected chi connectivity index (χ1v) is 7.54. The van der Waals surface area contributed by atoms with Gasteiger partial charge in [-0.1, -0.05) is 24.6 Å². The maximum absolute atomic E-state index is 12.0. The van der Waals surface area contributed by atoms with Crippen molar-refractivity contribution in [3.63, 3.8) is 0 Å². The van der Waals surface area contributed by atoms with Crippen LogP contribution in [0.2, 0.25) is 5.02 Å². The van der Waals surface area contributed by atoms with Gasteiger partial charge in [0.15, 0.2) is 15.1 Å². The molecule has 1 N–H and O–H groups in total. The van der Waals surface area contributed by atoms with Crippen molar-refractivity contribution >= 4 is 27.4 Å². The summed E-state index contributed by atoms with van der Waals surface area (Å²) in [6.07, 6.45) is -0.00837. The summed E-state index contributed by atoms with van der Waals surface area (Å²) in [5.41, 5.74) is 0.608. The monoisotopic (exact) mass is 301 g/mol. The van der Waals surface area contributed by atoms with Crippen LogP contribution in [0.1, 0.15) is 24.5 Å². The molecule has 0 aliphatic heterocycles. The van der Waals surface area contributed by atoms with Crippen LogP contribution in [0.4, 0.5) is 0 Å². The lowest BCUT2D eigenvalue weighted by Crippen LogP contribution is -2.30. The third-order valence-corrected chi connectivity index (χ3v) is 5.09. The van der Waals surface area contributed by atoms with Crippen LogP contribution in [-0.2, 0) is 20.4 Å². The smallest absolute Gasteiger partial charge is 0.321 e. The molecule has 1 aromatic rings. The van der Waals surface area contributed by atoms with Gasteiger partial charge in [0, 0.05) is 5.02 Å². The van der Waals surface area contributed by atoms with Crippen LogP contribution >= 0.6 is 11.6 Å². The van der Waals surface area contributed by atoms with Crippen molar-refractivity contribution in [2.24, 2.45) is 0 Å². The van der Waals surface area contributed by atoms with E-state index in [0.29, 0.717) is 11.1 Å². The second kappa shape index (κ2) is 6.04. The minimum atomic E-state index is -3.83. The number of benzene rings is 1. The van der Waals surface area contributed by atoms with Gasteiger partial charge in [-0.3, -0.25) is 4.79 Å². The molecule has 0 fully saturated rings. The van der Waals surface area contributed by atoms with Crippen LogP contribution in [0, 0.1) is 11.3 Å². The van der Waals surface area contributed by atoms with Crippen molar-refractivity contribution in [2.75, 3.05) is 0 Å². The van der Waals surface area contributed by atoms with E-state index >= 15 is 0 Å². The van der Waals surface area contributed by atoms with Crippen molar-refractivity contribution < 1.29 is 18.3 Å². The Labute approximate surface area is 116 Å². The van der Waals surface area contributed by atoms with Gasteiger partial charge in [-0.25, -0.2) is 8.42 Å². The zero-order valence-electron chi connectivity index (χ0n) is 10.1. The number of nitrogens with zero attached hydrogens (tertiary/aromatic N) is 1. The molecular weight excluding hydrogens is 290 g/mol. The van der Waals surface area contributed by atoms with E-state index in [-0.39, 0.29) is 11.4 Å². The van der Waals surface area contributed by atoms with Crippen LogP contribution < -0.4 is 0 Å². The Hall–Kier alpha value is -1.58. The molecule has 1 rings (SSSR count). The second-order valence-corrected chi connectivity index (χ2v) is 6.55. The molecule has 0 aliphatic rings. The maximum atomic E-state index is 12.0. The Morgan fingerprint density at radius 1 is 1.53 bits per heavy atom. The summed E-state index contributed by atoms with van der Waals surface area (Å²) in [6, 6.07) is 6.10. The molecule has 0 heterocycles. The van der Waals surface area contributed by atoms with Crippen molar-refractivity contribution in [3.05, 3.63) is 34.3 Å². The number of hydrogen-bond acceptors (Lipinski definition) is 4. The highest BCUT2D eigenvalue weighted by atomic mass is 35.5. The Kier molecular flexibility index (Phi) is 4.92. The highest BCUT2D eigenvalue weighted by molar-refractivity contribution is 7.92. The number of rotatable bonds is 5. The largest absolute Gasteiger partial charge is 0.480 e. The Balaban J connectivity index is 3.09. The topological polar surface area (TPSA) is 95.2 Å². The fourth-order valence-corrected chi connectivity index (χ4v) is 3.66. The highest BCUT2D eigenvalue weighted by Crippen LogP contribution is 2.22. The number of carboxylic acids is 1. The van der Waals surface area contributed by atoms with Gasteiger partial charge in [0.2, 0.25) is 0 Å². The number of sulfone groups is 1. The predicted molar refractivity (Wildman–Crippen MR) is 70.5 cm³/mol. The lowest BCUT2D eigenvalue weighted by atomic mass is 10.2. The number of halogens is 1. The average molecular weight is 302 g/mol. The lowest BCUT2D eigenvalue weighted by Gasteiger charge is -2.12. The lowest BCUT2D eigenvalue weighted by molar-refractivity contribution is -0.136. The molecule has 0 saturated heterocycles. The van der Waals surface area contributed by atoms with Gasteiger partial charge in [0.1, 0.15) is 0 Å². The van der Waals surface area contributed by atoms with Gasteiger partial charge >= 0.3 is 5.97 Å². The number of nitriles is 1. The first-order valence-electron chi connectivity index (χ1n) is 5.44. The second-order valence-electron chi connectivity index (χ2n) is 3.96. The van der Waals surface area contributed by atoms with Crippen LogP contribution in [-0.4, -0.2) is 24.7 Å². The van der Waals surface area contributed by atoms with Crippen LogP contribution in [0.25, 0.3) is 0 Å². The molecule has 0 amide bonds. The summed E-state index contributed by atoms with van der Waals surface area (Å²) in [4.78, 5) is 10.9. The molecule has 102 valence electrons. The summed E-state index contributed by atoms with van der Waals surface area (Å²) in [5.74, 6) is -1.82. The molecule has 0 radical (unpaired) electrons. The van der Waals surface area contributed by atoms with Crippen molar-refractivity contribution in [1.82, 2.24) is 0 Å². The third kappa shape index (κ3) is 3.69. The van der Waals surface area contributed by atoms with E-state index in [1.54, 1.807) is 0 Å². The predicted octanol–water partition coefficient (Wildman–Crippen LogP) is 1.99. The van der Waals surface area contributed by atoms with Gasteiger partial charge in [0.25, 0.3) is 0 Å². The molecule has 1 aromatic carbocycles. The maximum Gasteiger partial charge on any atom is 0.321 e. The van der Waals surface area contributed by atoms with E-state index in [0.717, 1.165) is 0 Å². The van der Waals surface area contributed by atoms with Gasteiger partial charge in [0.05, 0.1) is 17.4 Å². The molecule has 7 heteroatoms. The van der Waals surface area contributed by atoms with E-state index in [4.69, 9.17) is 22.0 Å². The Bertz CT molecular complexity index is 634. The van der Waals surface area contributed by atoms with Crippen molar-refractivity contribution in [1.29, 1.82) is 5.26 Å². The summed E-state index contributed by atoms with van der Waals surface area (Å²) in [7, 11) is -3.83. The van der Waals surface area contributed by atoms with E-state index in [9.17, 15) is 13.2 Å². The quantitative estimate of drug-likeness (QED) is 0.897. The molecule has 19 heavy (non-hydrogen) atoms. The SMILES string of the molecule is CCC(C(=O)O)S(=O)(=O)Cc1ccc(C#N)cc1Cl. The van der Waals surface area contributed by atoms with Crippen molar-refractivity contribution in [3.8, 4) is 6.07 Å². The summed E-state index contributed by atoms with van der Waals surface area (Å²) in [6.45, 7) is 1.50. The number of carboxylic acid groups (broad SMARTS) is 1. The fourth-order valence-electron chi connectivity index (χ4n) is 1.63. The van der Waals surface area contributed by atoms with Gasteiger partial charge in [-0.05, 0) is 24.1 Å². The molecule has 1 unspecified atom stereocenters. The van der Waals surface area contributed by atoms with E-state index in [1.807, 2.05) is 6.07 Å². The zero-order valence-corrected chi connectivity index (χ0v) is 11.7. The first kappa shape index (κ1) is 15.5. The zero-order chi connectivity index (χ0) is 14.6. The minimum absolute atomic E-state index is 0.00837. The molecule has 0 aliphatic carbocycles.